The second kappa shape index (κ2) is 24.9. The van der Waals surface area contributed by atoms with Crippen LogP contribution < -0.4 is 25.2 Å². The molecule has 3 N–H and O–H groups in total. The zero-order valence-corrected chi connectivity index (χ0v) is 41.5. The third-order valence-electron chi connectivity index (χ3n) is 12.7. The number of nitrogens with one attached hydrogen (secondary N) is 3. The number of aromatic nitrogens is 1. The number of halogens is 1. The number of nitro groups is 1. The number of rotatable bonds is 20. The predicted octanol–water partition coefficient (Wildman–Crippen LogP) is 8.93. The summed E-state index contributed by atoms with van der Waals surface area (Å²) in [7, 11) is 2.34. The molecule has 1 unspecified atom stereocenters. The molecule has 2 saturated heterocycles. The highest BCUT2D eigenvalue weighted by Crippen LogP contribution is 2.36. The highest BCUT2D eigenvalue weighted by molar-refractivity contribution is 7.99. The van der Waals surface area contributed by atoms with Crippen LogP contribution in [0.3, 0.4) is 0 Å². The van der Waals surface area contributed by atoms with Gasteiger partial charge < -0.3 is 39.5 Å². The number of carbonyl (C=O) groups is 1. The lowest BCUT2D eigenvalue weighted by Crippen LogP contribution is -2.45. The monoisotopic (exact) mass is 973 g/mol. The van der Waals surface area contributed by atoms with Gasteiger partial charge in [-0.2, -0.15) is 0 Å². The SMILES string of the molecule is C=C/C(F)=C\C=C\c1c(-c2cccc(N3CCCN(c4ccc(NS(=O)C5=CC=C(NCCSc6ccccc6)CC([N+](=O)[O-])=C5)cc4)CC3)c2)c(C(=O)NCCCN2CCN(C)CC2)c(C)n1C. The number of nitrogens with zero attached hydrogens (tertiary/aromatic N) is 6. The van der Waals surface area contributed by atoms with E-state index in [1.807, 2.05) is 79.2 Å². The summed E-state index contributed by atoms with van der Waals surface area (Å²) in [6.45, 7) is 15.0. The molecular weight excluding hydrogens is 910 g/mol. The molecule has 4 aromatic rings. The van der Waals surface area contributed by atoms with Gasteiger partial charge in [-0.25, -0.2) is 8.60 Å². The Morgan fingerprint density at radius 2 is 1.65 bits per heavy atom. The van der Waals surface area contributed by atoms with Crippen molar-refractivity contribution >= 4 is 51.8 Å². The van der Waals surface area contributed by atoms with Crippen molar-refractivity contribution < 1.29 is 18.3 Å². The largest absolute Gasteiger partial charge is 0.387 e. The summed E-state index contributed by atoms with van der Waals surface area (Å²) in [6.07, 6.45) is 12.8. The molecule has 69 heavy (non-hydrogen) atoms. The third-order valence-corrected chi connectivity index (χ3v) is 14.8. The van der Waals surface area contributed by atoms with Crippen molar-refractivity contribution in [2.75, 3.05) is 99.3 Å². The van der Waals surface area contributed by atoms with Gasteiger partial charge in [0.05, 0.1) is 21.8 Å². The topological polar surface area (TPSA) is 131 Å². The fourth-order valence-electron chi connectivity index (χ4n) is 8.70. The lowest BCUT2D eigenvalue weighted by molar-refractivity contribution is -0.427. The van der Waals surface area contributed by atoms with Gasteiger partial charge in [0.1, 0.15) is 5.83 Å². The Morgan fingerprint density at radius 3 is 2.38 bits per heavy atom. The average Bonchev–Trinajstić information content (AvgIpc) is 3.60. The normalized spacial score (nSPS) is 16.8. The zero-order valence-electron chi connectivity index (χ0n) is 39.9. The van der Waals surface area contributed by atoms with Crippen molar-refractivity contribution in [2.24, 2.45) is 7.05 Å². The summed E-state index contributed by atoms with van der Waals surface area (Å²) in [4.78, 5) is 36.6. The number of likely N-dealkylation sites (N-methyl/N-ethyl adjacent to an activating group) is 1. The predicted molar refractivity (Wildman–Crippen MR) is 283 cm³/mol. The van der Waals surface area contributed by atoms with Gasteiger partial charge in [-0.15, -0.1) is 11.8 Å². The number of hydrogen-bond acceptors (Lipinski definition) is 10. The summed E-state index contributed by atoms with van der Waals surface area (Å²) in [6, 6.07) is 26.2. The van der Waals surface area contributed by atoms with Crippen LogP contribution >= 0.6 is 11.8 Å². The van der Waals surface area contributed by atoms with Crippen LogP contribution in [-0.2, 0) is 18.0 Å². The fraction of sp³-hybridized carbons (Fsp3) is 0.340. The molecule has 16 heteroatoms. The Hall–Kier alpha value is -6.20. The van der Waals surface area contributed by atoms with Crippen LogP contribution in [0.1, 0.15) is 41.0 Å². The van der Waals surface area contributed by atoms with Gasteiger partial charge in [-0.05, 0) is 118 Å². The highest BCUT2D eigenvalue weighted by Gasteiger charge is 2.26. The zero-order chi connectivity index (χ0) is 48.7. The van der Waals surface area contributed by atoms with Crippen LogP contribution in [0, 0.1) is 17.0 Å². The summed E-state index contributed by atoms with van der Waals surface area (Å²) in [5, 5.41) is 18.5. The molecule has 2 aliphatic heterocycles. The van der Waals surface area contributed by atoms with Crippen molar-refractivity contribution in [3.05, 3.63) is 171 Å². The van der Waals surface area contributed by atoms with E-state index in [2.05, 4.69) is 72.8 Å². The Bertz CT molecular complexity index is 2620. The van der Waals surface area contributed by atoms with Gasteiger partial charge in [0.25, 0.3) is 11.6 Å². The van der Waals surface area contributed by atoms with Gasteiger partial charge in [0.2, 0.25) is 0 Å². The maximum absolute atomic E-state index is 14.1. The second-order valence-corrected chi connectivity index (χ2v) is 19.7. The van der Waals surface area contributed by atoms with Crippen molar-refractivity contribution in [1.82, 2.24) is 25.0 Å². The maximum atomic E-state index is 14.1. The number of benzene rings is 3. The van der Waals surface area contributed by atoms with Crippen LogP contribution in [0.15, 0.2) is 149 Å². The summed E-state index contributed by atoms with van der Waals surface area (Å²) < 4.78 is 32.7. The minimum atomic E-state index is -1.74. The Balaban J connectivity index is 0.997. The van der Waals surface area contributed by atoms with Gasteiger partial charge in [-0.1, -0.05) is 43.0 Å². The number of thioether (sulfide) groups is 1. The Morgan fingerprint density at radius 1 is 0.913 bits per heavy atom. The first-order valence-corrected chi connectivity index (χ1v) is 25.7. The Kier molecular flexibility index (Phi) is 18.3. The lowest BCUT2D eigenvalue weighted by Gasteiger charge is -2.32. The van der Waals surface area contributed by atoms with Crippen LogP contribution in [0.2, 0.25) is 0 Å². The number of allylic oxidation sites excluding steroid dienone is 7. The average molecular weight is 974 g/mol. The quantitative estimate of drug-likeness (QED) is 0.0260. The summed E-state index contributed by atoms with van der Waals surface area (Å²) in [5.74, 6) is 0.219. The summed E-state index contributed by atoms with van der Waals surface area (Å²) >= 11 is 1.71. The van der Waals surface area contributed by atoms with E-state index in [1.165, 1.54) is 12.2 Å². The molecule has 1 amide bonds. The van der Waals surface area contributed by atoms with Gasteiger partial charge in [0.15, 0.2) is 11.0 Å². The van der Waals surface area contributed by atoms with Crippen molar-refractivity contribution in [3.8, 4) is 11.1 Å². The first kappa shape index (κ1) is 50.7. The van der Waals surface area contributed by atoms with E-state index in [1.54, 1.807) is 30.0 Å². The van der Waals surface area contributed by atoms with Crippen molar-refractivity contribution in [3.63, 3.8) is 0 Å². The van der Waals surface area contributed by atoms with E-state index in [0.29, 0.717) is 34.9 Å². The molecular formula is C53H64FN9O4S2. The first-order chi connectivity index (χ1) is 33.5. The molecule has 0 saturated carbocycles. The number of anilines is 3. The van der Waals surface area contributed by atoms with Gasteiger partial charge in [-0.3, -0.25) is 14.9 Å². The number of piperazine rings is 1. The second-order valence-electron chi connectivity index (χ2n) is 17.4. The summed E-state index contributed by atoms with van der Waals surface area (Å²) in [5.41, 5.74) is 7.32. The number of carbonyl (C=O) groups excluding carboxylic acids is 1. The molecule has 7 rings (SSSR count). The smallest absolute Gasteiger partial charge is 0.253 e. The van der Waals surface area contributed by atoms with E-state index in [0.717, 1.165) is 122 Å². The van der Waals surface area contributed by atoms with Crippen LogP contribution in [-0.4, -0.2) is 114 Å². The van der Waals surface area contributed by atoms with E-state index in [4.69, 9.17) is 0 Å². The van der Waals surface area contributed by atoms with Gasteiger partial charge in [0, 0.05) is 129 Å². The molecule has 364 valence electrons. The number of amides is 1. The molecule has 3 heterocycles. The molecule has 3 aromatic carbocycles. The lowest BCUT2D eigenvalue weighted by atomic mass is 9.98. The van der Waals surface area contributed by atoms with Crippen molar-refractivity contribution in [1.29, 1.82) is 0 Å². The molecule has 0 radical (unpaired) electrons. The standard InChI is InChI=1S/C53H64FN9O4S2/c1-5-42(54)14-10-18-50-52(51(40(2)59(50)4)53(64)56-25-11-27-60-32-30-58(3)31-33-60)41-13-9-15-46(37-41)62-29-12-28-61(34-35-62)45-22-19-43(20-23-45)57-69(67)49-24-21-44(38-47(39-49)63(65)66)55-26-36-68-48-16-7-6-8-17-48/h5-10,13-24,37,39,55,57H,1,11-12,25-36,38H2,2-4H3,(H,56,64)/b18-10+,42-14+. The molecule has 0 spiro atoms. The molecule has 1 atom stereocenters. The fourth-order valence-corrected chi connectivity index (χ4v) is 10.4. The number of hydrogen-bond donors (Lipinski definition) is 3. The molecule has 0 bridgehead atoms. The van der Waals surface area contributed by atoms with Crippen LogP contribution in [0.4, 0.5) is 21.5 Å². The minimum absolute atomic E-state index is 0.0294. The van der Waals surface area contributed by atoms with Crippen LogP contribution in [0.5, 0.6) is 0 Å². The van der Waals surface area contributed by atoms with E-state index < -0.39 is 21.7 Å². The van der Waals surface area contributed by atoms with Gasteiger partial charge >= 0.3 is 0 Å². The minimum Gasteiger partial charge on any atom is -0.387 e. The maximum Gasteiger partial charge on any atom is 0.253 e. The molecule has 3 aliphatic rings. The van der Waals surface area contributed by atoms with E-state index in [9.17, 15) is 23.5 Å². The third kappa shape index (κ3) is 14.0. The van der Waals surface area contributed by atoms with Crippen LogP contribution in [0.25, 0.3) is 17.2 Å². The molecule has 1 aromatic heterocycles. The van der Waals surface area contributed by atoms with E-state index >= 15 is 0 Å². The molecule has 13 nitrogen and oxygen atoms in total. The highest BCUT2D eigenvalue weighted by atomic mass is 32.2. The first-order valence-electron chi connectivity index (χ1n) is 23.6. The molecule has 1 aliphatic carbocycles. The molecule has 2 fully saturated rings. The van der Waals surface area contributed by atoms with E-state index in [-0.39, 0.29) is 18.0 Å². The Labute approximate surface area is 412 Å². The van der Waals surface area contributed by atoms with Crippen molar-refractivity contribution in [2.45, 2.75) is 31.1 Å².